The van der Waals surface area contributed by atoms with E-state index >= 15 is 0 Å². The Labute approximate surface area is 197 Å². The predicted molar refractivity (Wildman–Crippen MR) is 127 cm³/mol. The van der Waals surface area contributed by atoms with Crippen LogP contribution < -0.4 is 15.4 Å². The van der Waals surface area contributed by atoms with Gasteiger partial charge in [0, 0.05) is 19.1 Å². The molecule has 1 saturated heterocycles. The number of rotatable bonds is 7. The number of methoxy groups -OCH3 is 1. The minimum atomic E-state index is -0.699. The van der Waals surface area contributed by atoms with Crippen molar-refractivity contribution in [1.29, 1.82) is 0 Å². The monoisotopic (exact) mass is 461 g/mol. The smallest absolute Gasteiger partial charge is 0.410 e. The van der Waals surface area contributed by atoms with Crippen molar-refractivity contribution in [1.82, 2.24) is 15.5 Å². The molecule has 0 aliphatic carbocycles. The van der Waals surface area contributed by atoms with Crippen LogP contribution in [0, 0.1) is 11.8 Å². The Morgan fingerprint density at radius 2 is 1.76 bits per heavy atom. The SMILES string of the molecule is COc1ccccc1C(=O)N[C@H](C(=O)N[C@H](C)[C@@H]1CCCN(C(=O)OC(C)(C)C)C1)C(C)C. The number of carbonyl (C=O) groups is 3. The molecule has 1 aliphatic heterocycles. The van der Waals surface area contributed by atoms with E-state index in [1.54, 1.807) is 29.2 Å². The molecule has 1 aromatic rings. The van der Waals surface area contributed by atoms with Crippen LogP contribution in [0.2, 0.25) is 0 Å². The molecule has 0 radical (unpaired) electrons. The minimum Gasteiger partial charge on any atom is -0.496 e. The minimum absolute atomic E-state index is 0.105. The van der Waals surface area contributed by atoms with Crippen molar-refractivity contribution >= 4 is 17.9 Å². The highest BCUT2D eigenvalue weighted by Gasteiger charge is 2.33. The van der Waals surface area contributed by atoms with Gasteiger partial charge in [0.1, 0.15) is 17.4 Å². The summed E-state index contributed by atoms with van der Waals surface area (Å²) in [5.74, 6) is -0.151. The molecule has 1 aromatic carbocycles. The van der Waals surface area contributed by atoms with Gasteiger partial charge >= 0.3 is 6.09 Å². The maximum absolute atomic E-state index is 13.1. The van der Waals surface area contributed by atoms with Crippen LogP contribution in [0.1, 0.15) is 64.7 Å². The van der Waals surface area contributed by atoms with Gasteiger partial charge in [-0.15, -0.1) is 0 Å². The van der Waals surface area contributed by atoms with Crippen molar-refractivity contribution in [2.45, 2.75) is 72.1 Å². The van der Waals surface area contributed by atoms with E-state index in [9.17, 15) is 14.4 Å². The number of hydrogen-bond donors (Lipinski definition) is 2. The summed E-state index contributed by atoms with van der Waals surface area (Å²) in [6.07, 6.45) is 1.43. The molecule has 0 aromatic heterocycles. The number of para-hydroxylation sites is 1. The van der Waals surface area contributed by atoms with Gasteiger partial charge in [-0.1, -0.05) is 26.0 Å². The third kappa shape index (κ3) is 7.65. The van der Waals surface area contributed by atoms with Crippen LogP contribution in [-0.4, -0.2) is 60.7 Å². The van der Waals surface area contributed by atoms with E-state index in [-0.39, 0.29) is 35.8 Å². The van der Waals surface area contributed by atoms with Crippen LogP contribution in [0.5, 0.6) is 5.75 Å². The number of hydrogen-bond acceptors (Lipinski definition) is 5. The summed E-state index contributed by atoms with van der Waals surface area (Å²) < 4.78 is 10.8. The van der Waals surface area contributed by atoms with Crippen LogP contribution in [-0.2, 0) is 9.53 Å². The number of benzene rings is 1. The molecule has 0 spiro atoms. The number of piperidine rings is 1. The van der Waals surface area contributed by atoms with E-state index in [4.69, 9.17) is 9.47 Å². The zero-order valence-corrected chi connectivity index (χ0v) is 20.9. The molecule has 2 rings (SSSR count). The number of carbonyl (C=O) groups excluding carboxylic acids is 3. The molecule has 8 heteroatoms. The Bertz CT molecular complexity index is 834. The third-order valence-corrected chi connectivity index (χ3v) is 5.77. The van der Waals surface area contributed by atoms with Crippen molar-refractivity contribution in [2.24, 2.45) is 11.8 Å². The van der Waals surface area contributed by atoms with Gasteiger partial charge in [0.2, 0.25) is 5.91 Å². The third-order valence-electron chi connectivity index (χ3n) is 5.77. The fourth-order valence-corrected chi connectivity index (χ4v) is 3.93. The number of nitrogens with zero attached hydrogens (tertiary/aromatic N) is 1. The molecule has 1 heterocycles. The summed E-state index contributed by atoms with van der Waals surface area (Å²) in [5.41, 5.74) is -0.166. The van der Waals surface area contributed by atoms with Gasteiger partial charge in [0.15, 0.2) is 0 Å². The number of amides is 3. The van der Waals surface area contributed by atoms with Crippen molar-refractivity contribution in [3.05, 3.63) is 29.8 Å². The maximum atomic E-state index is 13.1. The standard InChI is InChI=1S/C25H39N3O5/c1-16(2)21(27-22(29)19-12-8-9-13-20(19)32-7)23(30)26-17(3)18-11-10-14-28(15-18)24(31)33-25(4,5)6/h8-9,12-13,16-18,21H,10-11,14-15H2,1-7H3,(H,26,30)(H,27,29)/t17-,18-,21+/m1/s1. The number of likely N-dealkylation sites (tertiary alicyclic amines) is 1. The molecule has 1 aliphatic rings. The van der Waals surface area contributed by atoms with Crippen molar-refractivity contribution in [2.75, 3.05) is 20.2 Å². The average molecular weight is 462 g/mol. The van der Waals surface area contributed by atoms with Crippen LogP contribution in [0.15, 0.2) is 24.3 Å². The van der Waals surface area contributed by atoms with Gasteiger partial charge in [0.25, 0.3) is 5.91 Å². The molecule has 0 saturated carbocycles. The summed E-state index contributed by atoms with van der Waals surface area (Å²) in [6, 6.07) is 6.06. The largest absolute Gasteiger partial charge is 0.496 e. The molecule has 3 amide bonds. The topological polar surface area (TPSA) is 97.0 Å². The fraction of sp³-hybridized carbons (Fsp3) is 0.640. The first kappa shape index (κ1) is 26.5. The van der Waals surface area contributed by atoms with E-state index in [2.05, 4.69) is 10.6 Å². The molecule has 8 nitrogen and oxygen atoms in total. The van der Waals surface area contributed by atoms with Gasteiger partial charge < -0.3 is 25.0 Å². The highest BCUT2D eigenvalue weighted by atomic mass is 16.6. The van der Waals surface area contributed by atoms with E-state index in [1.807, 2.05) is 41.5 Å². The summed E-state index contributed by atoms with van der Waals surface area (Å²) in [7, 11) is 1.51. The fourth-order valence-electron chi connectivity index (χ4n) is 3.93. The van der Waals surface area contributed by atoms with Crippen molar-refractivity contribution in [3.8, 4) is 5.75 Å². The molecule has 0 unspecified atom stereocenters. The molecular weight excluding hydrogens is 422 g/mol. The number of ether oxygens (including phenoxy) is 2. The van der Waals surface area contributed by atoms with Gasteiger partial charge in [-0.3, -0.25) is 9.59 Å². The van der Waals surface area contributed by atoms with E-state index in [0.29, 0.717) is 24.4 Å². The van der Waals surface area contributed by atoms with Crippen molar-refractivity contribution < 1.29 is 23.9 Å². The lowest BCUT2D eigenvalue weighted by Crippen LogP contribution is -2.54. The molecule has 2 N–H and O–H groups in total. The molecule has 184 valence electrons. The Morgan fingerprint density at radius 1 is 1.09 bits per heavy atom. The Morgan fingerprint density at radius 3 is 2.36 bits per heavy atom. The normalized spacial score (nSPS) is 18.3. The summed E-state index contributed by atoms with van der Waals surface area (Å²) in [4.78, 5) is 40.1. The maximum Gasteiger partial charge on any atom is 0.410 e. The Kier molecular flexibility index (Phi) is 9.14. The first-order valence-corrected chi connectivity index (χ1v) is 11.6. The number of nitrogens with one attached hydrogen (secondary N) is 2. The second kappa shape index (κ2) is 11.4. The zero-order chi connectivity index (χ0) is 24.8. The van der Waals surface area contributed by atoms with E-state index < -0.39 is 11.6 Å². The highest BCUT2D eigenvalue weighted by Crippen LogP contribution is 2.22. The van der Waals surface area contributed by atoms with Gasteiger partial charge in [-0.2, -0.15) is 0 Å². The van der Waals surface area contributed by atoms with Crippen LogP contribution in [0.4, 0.5) is 4.79 Å². The van der Waals surface area contributed by atoms with Crippen molar-refractivity contribution in [3.63, 3.8) is 0 Å². The molecular formula is C25H39N3O5. The van der Waals surface area contributed by atoms with Crippen LogP contribution >= 0.6 is 0 Å². The molecule has 3 atom stereocenters. The van der Waals surface area contributed by atoms with E-state index in [0.717, 1.165) is 12.8 Å². The zero-order valence-electron chi connectivity index (χ0n) is 20.9. The van der Waals surface area contributed by atoms with Gasteiger partial charge in [0.05, 0.1) is 12.7 Å². The lowest BCUT2D eigenvalue weighted by atomic mass is 9.91. The molecule has 33 heavy (non-hydrogen) atoms. The quantitative estimate of drug-likeness (QED) is 0.647. The lowest BCUT2D eigenvalue weighted by Gasteiger charge is -2.37. The second-order valence-corrected chi connectivity index (χ2v) is 10.0. The first-order valence-electron chi connectivity index (χ1n) is 11.6. The Hall–Kier alpha value is -2.77. The van der Waals surface area contributed by atoms with Crippen LogP contribution in [0.25, 0.3) is 0 Å². The van der Waals surface area contributed by atoms with E-state index in [1.165, 1.54) is 7.11 Å². The molecule has 0 bridgehead atoms. The lowest BCUT2D eigenvalue weighted by molar-refractivity contribution is -0.125. The first-order chi connectivity index (χ1) is 15.4. The Balaban J connectivity index is 2.01. The van der Waals surface area contributed by atoms with Gasteiger partial charge in [-0.25, -0.2) is 4.79 Å². The molecule has 1 fully saturated rings. The average Bonchev–Trinajstić information content (AvgIpc) is 2.75. The summed E-state index contributed by atoms with van der Waals surface area (Å²) in [6.45, 7) is 12.4. The second-order valence-electron chi connectivity index (χ2n) is 10.0. The summed E-state index contributed by atoms with van der Waals surface area (Å²) in [5, 5.41) is 5.91. The van der Waals surface area contributed by atoms with Crippen LogP contribution in [0.3, 0.4) is 0 Å². The summed E-state index contributed by atoms with van der Waals surface area (Å²) >= 11 is 0. The highest BCUT2D eigenvalue weighted by molar-refractivity contribution is 5.99. The predicted octanol–water partition coefficient (Wildman–Crippen LogP) is 3.60. The van der Waals surface area contributed by atoms with Gasteiger partial charge in [-0.05, 0) is 64.5 Å².